The molecular weight excluding hydrogens is 372 g/mol. The maximum Gasteiger partial charge on any atom is 0.325 e. The third-order valence-corrected chi connectivity index (χ3v) is 3.82. The van der Waals surface area contributed by atoms with Crippen molar-refractivity contribution < 1.29 is 34.2 Å². The summed E-state index contributed by atoms with van der Waals surface area (Å²) in [6.45, 7) is 6.41. The van der Waals surface area contributed by atoms with Crippen LogP contribution < -0.4 is 21.7 Å². The second-order valence-corrected chi connectivity index (χ2v) is 7.03. The summed E-state index contributed by atoms with van der Waals surface area (Å²) in [6, 6.07) is -4.31. The van der Waals surface area contributed by atoms with Gasteiger partial charge in [-0.05, 0) is 32.6 Å². The van der Waals surface area contributed by atoms with Crippen LogP contribution in [0, 0.1) is 5.92 Å². The van der Waals surface area contributed by atoms with Gasteiger partial charge in [-0.15, -0.1) is 0 Å². The molecule has 160 valence electrons. The molecule has 4 atom stereocenters. The molecule has 28 heavy (non-hydrogen) atoms. The van der Waals surface area contributed by atoms with Crippen LogP contribution in [0.25, 0.3) is 0 Å². The Morgan fingerprint density at radius 3 is 1.82 bits per heavy atom. The molecule has 0 saturated heterocycles. The van der Waals surface area contributed by atoms with Crippen LogP contribution in [0.15, 0.2) is 0 Å². The number of carbonyl (C=O) groups is 5. The number of nitrogens with two attached hydrogens (primary N) is 1. The van der Waals surface area contributed by atoms with Gasteiger partial charge in [0, 0.05) is 6.42 Å². The number of amides is 3. The predicted molar refractivity (Wildman–Crippen MR) is 99.1 cm³/mol. The number of carbonyl (C=O) groups excluding carboxylic acids is 3. The maximum absolute atomic E-state index is 12.3. The Hall–Kier alpha value is -2.69. The number of hydrogen-bond acceptors (Lipinski definition) is 6. The van der Waals surface area contributed by atoms with Crippen molar-refractivity contribution in [2.75, 3.05) is 0 Å². The summed E-state index contributed by atoms with van der Waals surface area (Å²) in [4.78, 5) is 58.1. The van der Waals surface area contributed by atoms with Gasteiger partial charge in [0.05, 0.1) is 6.04 Å². The molecule has 7 N–H and O–H groups in total. The largest absolute Gasteiger partial charge is 0.481 e. The lowest BCUT2D eigenvalue weighted by Gasteiger charge is -2.23. The van der Waals surface area contributed by atoms with Crippen LogP contribution in [-0.4, -0.2) is 64.0 Å². The second kappa shape index (κ2) is 11.9. The maximum atomic E-state index is 12.3. The molecule has 0 aliphatic rings. The van der Waals surface area contributed by atoms with E-state index >= 15 is 0 Å². The predicted octanol–water partition coefficient (Wildman–Crippen LogP) is -1.20. The minimum Gasteiger partial charge on any atom is -0.481 e. The van der Waals surface area contributed by atoms with Crippen molar-refractivity contribution in [3.8, 4) is 0 Å². The minimum atomic E-state index is -1.28. The van der Waals surface area contributed by atoms with Crippen molar-refractivity contribution in [3.05, 3.63) is 0 Å². The van der Waals surface area contributed by atoms with Crippen molar-refractivity contribution >= 4 is 29.7 Å². The first-order chi connectivity index (χ1) is 12.8. The summed E-state index contributed by atoms with van der Waals surface area (Å²) in [5.41, 5.74) is 5.75. The van der Waals surface area contributed by atoms with Crippen molar-refractivity contribution in [2.24, 2.45) is 11.7 Å². The third-order valence-electron chi connectivity index (χ3n) is 3.82. The Morgan fingerprint density at radius 1 is 0.821 bits per heavy atom. The van der Waals surface area contributed by atoms with E-state index in [1.54, 1.807) is 0 Å². The van der Waals surface area contributed by atoms with Gasteiger partial charge >= 0.3 is 11.9 Å². The molecule has 11 heteroatoms. The number of carboxylic acid groups (broad SMARTS) is 2. The lowest BCUT2D eigenvalue weighted by atomic mass is 10.0. The first-order valence-electron chi connectivity index (χ1n) is 8.96. The van der Waals surface area contributed by atoms with E-state index in [2.05, 4.69) is 16.0 Å². The monoisotopic (exact) mass is 402 g/mol. The van der Waals surface area contributed by atoms with Crippen molar-refractivity contribution in [1.82, 2.24) is 16.0 Å². The van der Waals surface area contributed by atoms with E-state index in [0.29, 0.717) is 6.42 Å². The zero-order chi connectivity index (χ0) is 22.0. The van der Waals surface area contributed by atoms with Crippen LogP contribution in [-0.2, 0) is 24.0 Å². The molecule has 0 saturated carbocycles. The Bertz CT molecular complexity index is 594. The van der Waals surface area contributed by atoms with Gasteiger partial charge in [0.2, 0.25) is 17.7 Å². The van der Waals surface area contributed by atoms with E-state index in [1.807, 2.05) is 13.8 Å². The van der Waals surface area contributed by atoms with Crippen LogP contribution in [0.4, 0.5) is 0 Å². The van der Waals surface area contributed by atoms with Crippen LogP contribution in [0.3, 0.4) is 0 Å². The van der Waals surface area contributed by atoms with Gasteiger partial charge in [0.15, 0.2) is 0 Å². The highest BCUT2D eigenvalue weighted by Crippen LogP contribution is 2.04. The van der Waals surface area contributed by atoms with E-state index in [-0.39, 0.29) is 12.3 Å². The normalized spacial score (nSPS) is 15.1. The van der Waals surface area contributed by atoms with Crippen LogP contribution in [0.5, 0.6) is 0 Å². The Balaban J connectivity index is 4.96. The summed E-state index contributed by atoms with van der Waals surface area (Å²) in [5, 5.41) is 24.6. The molecule has 0 aromatic rings. The molecule has 3 amide bonds. The molecule has 0 fully saturated rings. The van der Waals surface area contributed by atoms with Gasteiger partial charge in [-0.25, -0.2) is 0 Å². The highest BCUT2D eigenvalue weighted by Gasteiger charge is 2.27. The van der Waals surface area contributed by atoms with Gasteiger partial charge in [-0.3, -0.25) is 24.0 Å². The number of nitrogens with one attached hydrogen (secondary N) is 3. The van der Waals surface area contributed by atoms with E-state index in [4.69, 9.17) is 15.9 Å². The number of carboxylic acids is 2. The van der Waals surface area contributed by atoms with E-state index in [1.165, 1.54) is 13.8 Å². The summed E-state index contributed by atoms with van der Waals surface area (Å²) >= 11 is 0. The summed E-state index contributed by atoms with van der Waals surface area (Å²) in [5.74, 6) is -4.36. The Morgan fingerprint density at radius 2 is 1.36 bits per heavy atom. The zero-order valence-corrected chi connectivity index (χ0v) is 16.5. The molecule has 0 heterocycles. The lowest BCUT2D eigenvalue weighted by molar-refractivity contribution is -0.142. The first kappa shape index (κ1) is 25.3. The fraction of sp³-hybridized carbons (Fsp3) is 0.706. The van der Waals surface area contributed by atoms with Gasteiger partial charge < -0.3 is 31.9 Å². The molecular formula is C17H30N4O7. The molecule has 0 radical (unpaired) electrons. The zero-order valence-electron chi connectivity index (χ0n) is 16.5. The fourth-order valence-electron chi connectivity index (χ4n) is 2.21. The molecule has 0 aliphatic heterocycles. The quantitative estimate of drug-likeness (QED) is 0.235. The minimum absolute atomic E-state index is 0.185. The van der Waals surface area contributed by atoms with Crippen LogP contribution in [0.2, 0.25) is 0 Å². The molecule has 0 aliphatic carbocycles. The molecule has 0 aromatic heterocycles. The summed E-state index contributed by atoms with van der Waals surface area (Å²) < 4.78 is 0. The molecule has 0 aromatic carbocycles. The number of rotatable bonds is 12. The average Bonchev–Trinajstić information content (AvgIpc) is 2.56. The fourth-order valence-corrected chi connectivity index (χ4v) is 2.21. The third kappa shape index (κ3) is 9.86. The highest BCUT2D eigenvalue weighted by molar-refractivity contribution is 5.94. The van der Waals surface area contributed by atoms with Crippen LogP contribution >= 0.6 is 0 Å². The number of hydrogen-bond donors (Lipinski definition) is 6. The number of aliphatic carboxylic acids is 2. The summed E-state index contributed by atoms with van der Waals surface area (Å²) in [7, 11) is 0. The SMILES string of the molecule is CC(C)C[C@H](N)C(=O)N[C@@H](C)C(=O)N[C@@H](CCC(=O)O)C(=O)N[C@@H](C)C(=O)O. The lowest BCUT2D eigenvalue weighted by Crippen LogP contribution is -2.56. The molecule has 0 bridgehead atoms. The first-order valence-corrected chi connectivity index (χ1v) is 8.96. The van der Waals surface area contributed by atoms with E-state index in [9.17, 15) is 24.0 Å². The smallest absolute Gasteiger partial charge is 0.325 e. The van der Waals surface area contributed by atoms with Crippen LogP contribution in [0.1, 0.15) is 47.0 Å². The Kier molecular flexibility index (Phi) is 10.8. The van der Waals surface area contributed by atoms with Crippen molar-refractivity contribution in [3.63, 3.8) is 0 Å². The summed E-state index contributed by atoms with van der Waals surface area (Å²) in [6.07, 6.45) is -0.233. The molecule has 0 rings (SSSR count). The highest BCUT2D eigenvalue weighted by atomic mass is 16.4. The van der Waals surface area contributed by atoms with E-state index < -0.39 is 60.2 Å². The van der Waals surface area contributed by atoms with Gasteiger partial charge in [0.1, 0.15) is 18.1 Å². The van der Waals surface area contributed by atoms with Gasteiger partial charge in [0.25, 0.3) is 0 Å². The van der Waals surface area contributed by atoms with Crippen molar-refractivity contribution in [2.45, 2.75) is 71.1 Å². The molecule has 0 spiro atoms. The van der Waals surface area contributed by atoms with E-state index in [0.717, 1.165) is 0 Å². The standard InChI is InChI=1S/C17H30N4O7/c1-8(2)7-11(18)15(25)19-9(3)14(24)21-12(5-6-13(22)23)16(26)20-10(4)17(27)28/h8-12H,5-7,18H2,1-4H3,(H,19,25)(H,20,26)(H,21,24)(H,22,23)(H,27,28)/t9-,10-,11-,12-/m0/s1. The van der Waals surface area contributed by atoms with Gasteiger partial charge in [-0.1, -0.05) is 13.8 Å². The van der Waals surface area contributed by atoms with Crippen molar-refractivity contribution in [1.29, 1.82) is 0 Å². The second-order valence-electron chi connectivity index (χ2n) is 7.03. The topological polar surface area (TPSA) is 188 Å². The molecule has 11 nitrogen and oxygen atoms in total. The van der Waals surface area contributed by atoms with Gasteiger partial charge in [-0.2, -0.15) is 0 Å². The Labute approximate surface area is 163 Å². The molecule has 0 unspecified atom stereocenters. The average molecular weight is 402 g/mol.